The molecule has 2 fully saturated rings. The summed E-state index contributed by atoms with van der Waals surface area (Å²) in [5.74, 6) is 1.28. The number of unbranched alkanes of at least 4 members (excludes halogenated alkanes) is 2. The second-order valence-electron chi connectivity index (χ2n) is 9.65. The first kappa shape index (κ1) is 21.7. The lowest BCUT2D eigenvalue weighted by Crippen LogP contribution is -2.57. The van der Waals surface area contributed by atoms with Gasteiger partial charge in [0.15, 0.2) is 0 Å². The number of nitrogens with one attached hydrogen (secondary N) is 1. The van der Waals surface area contributed by atoms with E-state index < -0.39 is 0 Å². The lowest BCUT2D eigenvalue weighted by molar-refractivity contribution is -0.165. The maximum atomic E-state index is 12.4. The molecule has 160 valence electrons. The van der Waals surface area contributed by atoms with Crippen molar-refractivity contribution in [1.82, 2.24) is 5.32 Å². The number of alkyl carbamates (subject to hydrolysis) is 1. The Hall–Kier alpha value is -1.03. The number of rotatable bonds is 7. The third kappa shape index (κ3) is 4.58. The third-order valence-electron chi connectivity index (χ3n) is 7.85. The number of ether oxygens (including phenoxy) is 2. The van der Waals surface area contributed by atoms with Gasteiger partial charge >= 0.3 is 6.09 Å². The number of carbonyl (C=O) groups is 1. The van der Waals surface area contributed by atoms with Crippen molar-refractivity contribution in [3.8, 4) is 0 Å². The molecule has 1 N–H and O–H groups in total. The van der Waals surface area contributed by atoms with Crippen molar-refractivity contribution in [2.24, 2.45) is 23.2 Å². The number of fused-ring (bicyclic) bond motifs is 2. The van der Waals surface area contributed by atoms with Gasteiger partial charge in [0, 0.05) is 17.4 Å². The van der Waals surface area contributed by atoms with Gasteiger partial charge in [-0.2, -0.15) is 0 Å². The van der Waals surface area contributed by atoms with E-state index in [1.54, 1.807) is 0 Å². The molecule has 3 rings (SSSR count). The molecule has 0 aromatic carbocycles. The van der Waals surface area contributed by atoms with Crippen molar-refractivity contribution in [3.63, 3.8) is 0 Å². The fourth-order valence-corrected chi connectivity index (χ4v) is 5.90. The molecule has 0 aromatic heterocycles. The van der Waals surface area contributed by atoms with Crippen LogP contribution in [-0.4, -0.2) is 31.5 Å². The Labute approximate surface area is 171 Å². The van der Waals surface area contributed by atoms with E-state index in [4.69, 9.17) is 9.47 Å². The molecular weight excluding hydrogens is 350 g/mol. The van der Waals surface area contributed by atoms with Crippen LogP contribution in [0.5, 0.6) is 0 Å². The first-order valence-electron chi connectivity index (χ1n) is 11.7. The van der Waals surface area contributed by atoms with Gasteiger partial charge in [-0.3, -0.25) is 0 Å². The van der Waals surface area contributed by atoms with E-state index in [9.17, 15) is 4.79 Å². The van der Waals surface area contributed by atoms with Crippen molar-refractivity contribution in [3.05, 3.63) is 11.6 Å². The lowest BCUT2D eigenvalue weighted by Gasteiger charge is -2.55. The summed E-state index contributed by atoms with van der Waals surface area (Å²) in [4.78, 5) is 12.4. The zero-order valence-electron chi connectivity index (χ0n) is 18.5. The minimum absolute atomic E-state index is 0.102. The number of allylic oxidation sites excluding steroid dienone is 1. The molecule has 4 nitrogen and oxygen atoms in total. The SMILES string of the molecule is CCCCC[C@H]1OC[C@]2(COC(=O)NC3CCCCC3)[C@H](C)[C@H]1C(C)=C[C@@H]2C. The summed E-state index contributed by atoms with van der Waals surface area (Å²) >= 11 is 0. The summed E-state index contributed by atoms with van der Waals surface area (Å²) in [7, 11) is 0. The number of carbonyl (C=O) groups excluding carboxylic acids is 1. The van der Waals surface area contributed by atoms with Gasteiger partial charge in [-0.05, 0) is 38.0 Å². The van der Waals surface area contributed by atoms with Gasteiger partial charge in [-0.25, -0.2) is 4.79 Å². The molecule has 1 heterocycles. The van der Waals surface area contributed by atoms with Crippen molar-refractivity contribution >= 4 is 6.09 Å². The molecule has 0 radical (unpaired) electrons. The molecule has 1 amide bonds. The predicted molar refractivity (Wildman–Crippen MR) is 113 cm³/mol. The van der Waals surface area contributed by atoms with E-state index in [1.807, 2.05) is 0 Å². The van der Waals surface area contributed by atoms with Gasteiger partial charge in [0.05, 0.1) is 12.7 Å². The Morgan fingerprint density at radius 3 is 2.71 bits per heavy atom. The summed E-state index contributed by atoms with van der Waals surface area (Å²) in [6.07, 6.45) is 13.3. The van der Waals surface area contributed by atoms with Crippen LogP contribution in [0.2, 0.25) is 0 Å². The number of hydrogen-bond donors (Lipinski definition) is 1. The fraction of sp³-hybridized carbons (Fsp3) is 0.875. The highest BCUT2D eigenvalue weighted by molar-refractivity contribution is 5.67. The first-order chi connectivity index (χ1) is 13.5. The maximum absolute atomic E-state index is 12.4. The van der Waals surface area contributed by atoms with Crippen LogP contribution in [0.15, 0.2) is 11.6 Å². The summed E-state index contributed by atoms with van der Waals surface area (Å²) < 4.78 is 12.2. The predicted octanol–water partition coefficient (Wildman–Crippen LogP) is 5.86. The van der Waals surface area contributed by atoms with Crippen LogP contribution in [0.25, 0.3) is 0 Å². The summed E-state index contributed by atoms with van der Waals surface area (Å²) in [6.45, 7) is 10.3. The van der Waals surface area contributed by atoms with Crippen molar-refractivity contribution in [1.29, 1.82) is 0 Å². The van der Waals surface area contributed by atoms with Crippen molar-refractivity contribution in [2.75, 3.05) is 13.2 Å². The first-order valence-corrected chi connectivity index (χ1v) is 11.7. The Kier molecular flexibility index (Phi) is 7.47. The number of hydrogen-bond acceptors (Lipinski definition) is 3. The highest BCUT2D eigenvalue weighted by Crippen LogP contribution is 2.53. The number of amides is 1. The average molecular weight is 392 g/mol. The minimum atomic E-state index is -0.242. The molecule has 3 aliphatic rings. The molecule has 1 saturated carbocycles. The van der Waals surface area contributed by atoms with E-state index >= 15 is 0 Å². The van der Waals surface area contributed by atoms with E-state index in [1.165, 1.54) is 44.1 Å². The van der Waals surface area contributed by atoms with E-state index in [2.05, 4.69) is 39.1 Å². The standard InChI is InChI=1S/C24H41NO3/c1-5-6-8-13-21-22-17(2)14-18(3)24(15-27-21,19(22)4)16-28-23(26)25-20-11-9-7-10-12-20/h14,18-22H,5-13,15-16H2,1-4H3,(H,25,26)/t18-,19+,21+,22+,24+/m0/s1. The molecule has 1 saturated heterocycles. The quantitative estimate of drug-likeness (QED) is 0.437. The summed E-state index contributed by atoms with van der Waals surface area (Å²) in [5.41, 5.74) is 1.36. The van der Waals surface area contributed by atoms with Crippen LogP contribution in [0.1, 0.15) is 85.5 Å². The smallest absolute Gasteiger partial charge is 0.407 e. The molecule has 28 heavy (non-hydrogen) atoms. The zero-order valence-corrected chi connectivity index (χ0v) is 18.5. The fourth-order valence-electron chi connectivity index (χ4n) is 5.90. The third-order valence-corrected chi connectivity index (χ3v) is 7.85. The normalized spacial score (nSPS) is 35.9. The summed E-state index contributed by atoms with van der Waals surface area (Å²) in [5, 5.41) is 3.09. The molecule has 4 heteroatoms. The second-order valence-corrected chi connectivity index (χ2v) is 9.65. The Balaban J connectivity index is 1.62. The van der Waals surface area contributed by atoms with Crippen LogP contribution in [0.4, 0.5) is 4.79 Å². The van der Waals surface area contributed by atoms with Crippen LogP contribution in [-0.2, 0) is 9.47 Å². The Bertz CT molecular complexity index is 554. The van der Waals surface area contributed by atoms with Crippen LogP contribution in [0.3, 0.4) is 0 Å². The average Bonchev–Trinajstić information content (AvgIpc) is 2.67. The van der Waals surface area contributed by atoms with Gasteiger partial charge in [0.25, 0.3) is 0 Å². The molecule has 2 bridgehead atoms. The van der Waals surface area contributed by atoms with E-state index in [-0.39, 0.29) is 11.5 Å². The highest BCUT2D eigenvalue weighted by Gasteiger charge is 2.53. The lowest BCUT2D eigenvalue weighted by atomic mass is 9.56. The molecule has 1 aliphatic heterocycles. The van der Waals surface area contributed by atoms with E-state index in [0.717, 1.165) is 19.3 Å². The van der Waals surface area contributed by atoms with E-state index in [0.29, 0.717) is 43.1 Å². The largest absolute Gasteiger partial charge is 0.449 e. The molecule has 0 unspecified atom stereocenters. The zero-order chi connectivity index (χ0) is 20.1. The van der Waals surface area contributed by atoms with Crippen molar-refractivity contribution in [2.45, 2.75) is 97.6 Å². The van der Waals surface area contributed by atoms with Crippen LogP contribution in [0, 0.1) is 23.2 Å². The minimum Gasteiger partial charge on any atom is -0.449 e. The Morgan fingerprint density at radius 1 is 1.25 bits per heavy atom. The van der Waals surface area contributed by atoms with Gasteiger partial charge in [0.2, 0.25) is 0 Å². The molecule has 0 spiro atoms. The van der Waals surface area contributed by atoms with Gasteiger partial charge in [0.1, 0.15) is 6.61 Å². The van der Waals surface area contributed by atoms with Gasteiger partial charge in [-0.1, -0.05) is 70.9 Å². The van der Waals surface area contributed by atoms with Crippen molar-refractivity contribution < 1.29 is 14.3 Å². The second kappa shape index (κ2) is 9.65. The topological polar surface area (TPSA) is 47.6 Å². The van der Waals surface area contributed by atoms with Gasteiger partial charge in [-0.15, -0.1) is 0 Å². The maximum Gasteiger partial charge on any atom is 0.407 e. The monoisotopic (exact) mass is 391 g/mol. The van der Waals surface area contributed by atoms with Gasteiger partial charge < -0.3 is 14.8 Å². The highest BCUT2D eigenvalue weighted by atomic mass is 16.6. The van der Waals surface area contributed by atoms with Crippen LogP contribution >= 0.6 is 0 Å². The molecular formula is C24H41NO3. The summed E-state index contributed by atoms with van der Waals surface area (Å²) in [6, 6.07) is 0.292. The Morgan fingerprint density at radius 2 is 2.00 bits per heavy atom. The van der Waals surface area contributed by atoms with Crippen LogP contribution < -0.4 is 5.32 Å². The molecule has 2 aliphatic carbocycles. The molecule has 5 atom stereocenters. The molecule has 0 aromatic rings.